The lowest BCUT2D eigenvalue weighted by Crippen LogP contribution is -2.33. The number of ether oxygens (including phenoxy) is 1. The highest BCUT2D eigenvalue weighted by Gasteiger charge is 2.36. The van der Waals surface area contributed by atoms with Crippen LogP contribution in [0.25, 0.3) is 6.08 Å². The third-order valence-electron chi connectivity index (χ3n) is 2.93. The number of imide groups is 1. The Kier molecular flexibility index (Phi) is 5.44. The number of nitrogens with zero attached hydrogens (tertiary/aromatic N) is 1. The second-order valence-electron chi connectivity index (χ2n) is 5.44. The standard InChI is InChI=1S/C16H17NO5S/c1-10(2)9-22-12-5-3-11(4-6-12)7-13-15(20)17(8-14(18)19)16(21)23-13/h3-7,10H,8-9H2,1-2H3,(H,18,19)/b13-7+. The van der Waals surface area contributed by atoms with Crippen LogP contribution in [0.4, 0.5) is 4.79 Å². The first-order valence-electron chi connectivity index (χ1n) is 7.07. The lowest BCUT2D eigenvalue weighted by Gasteiger charge is -2.08. The minimum atomic E-state index is -1.22. The molecule has 1 heterocycles. The van der Waals surface area contributed by atoms with Gasteiger partial charge in [0.05, 0.1) is 11.5 Å². The number of rotatable bonds is 6. The summed E-state index contributed by atoms with van der Waals surface area (Å²) < 4.78 is 5.57. The van der Waals surface area contributed by atoms with E-state index in [1.54, 1.807) is 30.3 Å². The summed E-state index contributed by atoms with van der Waals surface area (Å²) in [4.78, 5) is 35.3. The Balaban J connectivity index is 2.08. The van der Waals surface area contributed by atoms with Crippen LogP contribution in [-0.4, -0.2) is 40.3 Å². The zero-order valence-electron chi connectivity index (χ0n) is 12.8. The zero-order valence-corrected chi connectivity index (χ0v) is 13.6. The van der Waals surface area contributed by atoms with E-state index in [4.69, 9.17) is 9.84 Å². The molecule has 0 saturated carbocycles. The number of benzene rings is 1. The summed E-state index contributed by atoms with van der Waals surface area (Å²) in [6.45, 7) is 4.11. The Morgan fingerprint density at radius 3 is 2.52 bits per heavy atom. The van der Waals surface area contributed by atoms with Crippen molar-refractivity contribution in [2.24, 2.45) is 5.92 Å². The van der Waals surface area contributed by atoms with Gasteiger partial charge in [-0.1, -0.05) is 26.0 Å². The smallest absolute Gasteiger partial charge is 0.323 e. The molecule has 0 atom stereocenters. The monoisotopic (exact) mass is 335 g/mol. The Bertz CT molecular complexity index is 651. The molecule has 0 aromatic heterocycles. The molecular formula is C16H17NO5S. The molecular weight excluding hydrogens is 318 g/mol. The van der Waals surface area contributed by atoms with Gasteiger partial charge >= 0.3 is 5.97 Å². The summed E-state index contributed by atoms with van der Waals surface area (Å²) in [5, 5.41) is 8.15. The molecule has 1 aromatic carbocycles. The highest BCUT2D eigenvalue weighted by Crippen LogP contribution is 2.32. The quantitative estimate of drug-likeness (QED) is 0.805. The minimum absolute atomic E-state index is 0.215. The highest BCUT2D eigenvalue weighted by molar-refractivity contribution is 8.18. The fourth-order valence-electron chi connectivity index (χ4n) is 1.85. The maximum absolute atomic E-state index is 12.0. The van der Waals surface area contributed by atoms with Gasteiger partial charge in [0.25, 0.3) is 11.1 Å². The molecule has 0 bridgehead atoms. The molecule has 2 rings (SSSR count). The molecule has 1 aromatic rings. The average molecular weight is 335 g/mol. The molecule has 23 heavy (non-hydrogen) atoms. The number of thioether (sulfide) groups is 1. The van der Waals surface area contributed by atoms with Crippen molar-refractivity contribution in [3.05, 3.63) is 34.7 Å². The molecule has 0 unspecified atom stereocenters. The van der Waals surface area contributed by atoms with Gasteiger partial charge in [0.1, 0.15) is 12.3 Å². The van der Waals surface area contributed by atoms with E-state index in [-0.39, 0.29) is 4.91 Å². The Morgan fingerprint density at radius 1 is 1.30 bits per heavy atom. The van der Waals surface area contributed by atoms with Crippen LogP contribution in [-0.2, 0) is 9.59 Å². The van der Waals surface area contributed by atoms with Gasteiger partial charge in [0.2, 0.25) is 0 Å². The van der Waals surface area contributed by atoms with Crippen molar-refractivity contribution in [3.8, 4) is 5.75 Å². The maximum Gasteiger partial charge on any atom is 0.323 e. The van der Waals surface area contributed by atoms with E-state index in [9.17, 15) is 14.4 Å². The summed E-state index contributed by atoms with van der Waals surface area (Å²) in [6, 6.07) is 7.13. The van der Waals surface area contributed by atoms with E-state index in [0.29, 0.717) is 12.5 Å². The van der Waals surface area contributed by atoms with E-state index < -0.39 is 23.7 Å². The number of carboxylic acid groups (broad SMARTS) is 1. The molecule has 1 N–H and O–H groups in total. The van der Waals surface area contributed by atoms with Crippen LogP contribution in [0.2, 0.25) is 0 Å². The van der Waals surface area contributed by atoms with Gasteiger partial charge in [-0.15, -0.1) is 0 Å². The van der Waals surface area contributed by atoms with Crippen LogP contribution in [0.1, 0.15) is 19.4 Å². The lowest BCUT2D eigenvalue weighted by molar-refractivity contribution is -0.140. The number of carbonyl (C=O) groups is 3. The van der Waals surface area contributed by atoms with Gasteiger partial charge in [-0.2, -0.15) is 0 Å². The van der Waals surface area contributed by atoms with Crippen molar-refractivity contribution < 1.29 is 24.2 Å². The van der Waals surface area contributed by atoms with Crippen molar-refractivity contribution in [3.63, 3.8) is 0 Å². The van der Waals surface area contributed by atoms with Gasteiger partial charge in [-0.05, 0) is 41.5 Å². The van der Waals surface area contributed by atoms with Gasteiger partial charge in [-0.3, -0.25) is 19.3 Å². The Hall–Kier alpha value is -2.28. The second-order valence-corrected chi connectivity index (χ2v) is 6.43. The topological polar surface area (TPSA) is 83.9 Å². The molecule has 1 saturated heterocycles. The molecule has 1 fully saturated rings. The molecule has 0 aliphatic carbocycles. The summed E-state index contributed by atoms with van der Waals surface area (Å²) in [7, 11) is 0. The van der Waals surface area contributed by atoms with Crippen LogP contribution in [0.15, 0.2) is 29.2 Å². The van der Waals surface area contributed by atoms with Crippen molar-refractivity contribution in [2.75, 3.05) is 13.2 Å². The van der Waals surface area contributed by atoms with Gasteiger partial charge < -0.3 is 9.84 Å². The van der Waals surface area contributed by atoms with E-state index in [0.717, 1.165) is 28.0 Å². The van der Waals surface area contributed by atoms with Crippen molar-refractivity contribution >= 4 is 35.0 Å². The SMILES string of the molecule is CC(C)COc1ccc(/C=C2/SC(=O)N(CC(=O)O)C2=O)cc1. The van der Waals surface area contributed by atoms with E-state index in [2.05, 4.69) is 13.8 Å². The number of hydrogen-bond donors (Lipinski definition) is 1. The summed E-state index contributed by atoms with van der Waals surface area (Å²) in [5.41, 5.74) is 0.739. The van der Waals surface area contributed by atoms with E-state index in [1.807, 2.05) is 0 Å². The number of hydrogen-bond acceptors (Lipinski definition) is 5. The van der Waals surface area contributed by atoms with E-state index in [1.165, 1.54) is 0 Å². The van der Waals surface area contributed by atoms with Crippen LogP contribution in [0.5, 0.6) is 5.75 Å². The van der Waals surface area contributed by atoms with Crippen molar-refractivity contribution in [2.45, 2.75) is 13.8 Å². The van der Waals surface area contributed by atoms with Crippen LogP contribution in [0, 0.1) is 5.92 Å². The molecule has 0 spiro atoms. The minimum Gasteiger partial charge on any atom is -0.493 e. The average Bonchev–Trinajstić information content (AvgIpc) is 2.74. The summed E-state index contributed by atoms with van der Waals surface area (Å²) in [6.07, 6.45) is 1.57. The van der Waals surface area contributed by atoms with Gasteiger partial charge in [0.15, 0.2) is 0 Å². The van der Waals surface area contributed by atoms with Crippen molar-refractivity contribution in [1.82, 2.24) is 4.90 Å². The first-order chi connectivity index (χ1) is 10.9. The van der Waals surface area contributed by atoms with Crippen LogP contribution >= 0.6 is 11.8 Å². The van der Waals surface area contributed by atoms with Gasteiger partial charge in [-0.25, -0.2) is 0 Å². The Morgan fingerprint density at radius 2 is 1.96 bits per heavy atom. The van der Waals surface area contributed by atoms with E-state index >= 15 is 0 Å². The largest absolute Gasteiger partial charge is 0.493 e. The number of carboxylic acids is 1. The number of aliphatic carboxylic acids is 1. The van der Waals surface area contributed by atoms with Crippen molar-refractivity contribution in [1.29, 1.82) is 0 Å². The summed E-state index contributed by atoms with van der Waals surface area (Å²) in [5.74, 6) is -0.645. The van der Waals surface area contributed by atoms with Crippen LogP contribution in [0.3, 0.4) is 0 Å². The molecule has 2 amide bonds. The zero-order chi connectivity index (χ0) is 17.0. The molecule has 122 valence electrons. The maximum atomic E-state index is 12.0. The third-order valence-corrected chi connectivity index (χ3v) is 3.84. The Labute approximate surface area is 138 Å². The summed E-state index contributed by atoms with van der Waals surface area (Å²) >= 11 is 0.741. The molecule has 0 radical (unpaired) electrons. The van der Waals surface area contributed by atoms with Gasteiger partial charge in [0, 0.05) is 0 Å². The third kappa shape index (κ3) is 4.59. The number of amides is 2. The first-order valence-corrected chi connectivity index (χ1v) is 7.88. The predicted molar refractivity (Wildman–Crippen MR) is 87.1 cm³/mol. The fraction of sp³-hybridized carbons (Fsp3) is 0.312. The molecule has 7 heteroatoms. The van der Waals surface area contributed by atoms with Crippen LogP contribution < -0.4 is 4.74 Å². The lowest BCUT2D eigenvalue weighted by atomic mass is 10.2. The molecule has 6 nitrogen and oxygen atoms in total. The highest BCUT2D eigenvalue weighted by atomic mass is 32.2. The first kappa shape index (κ1) is 17.1. The molecule has 1 aliphatic rings. The normalized spacial score (nSPS) is 16.5. The second kappa shape index (κ2) is 7.32. The fourth-order valence-corrected chi connectivity index (χ4v) is 2.68. The number of carbonyl (C=O) groups excluding carboxylic acids is 2. The predicted octanol–water partition coefficient (Wildman–Crippen LogP) is 2.84. The molecule has 1 aliphatic heterocycles.